The van der Waals surface area contributed by atoms with Crippen LogP contribution in [-0.4, -0.2) is 140 Å². The number of fused-ring (bicyclic) bond motifs is 8. The fourth-order valence-corrected chi connectivity index (χ4v) is 9.09. The van der Waals surface area contributed by atoms with Crippen molar-refractivity contribution in [2.75, 3.05) is 64.5 Å². The predicted octanol–water partition coefficient (Wildman–Crippen LogP) is 3.33. The Morgan fingerprint density at radius 1 is 0.926 bits per heavy atom. The number of carbonyl (C=O) groups excluding carboxylic acids is 6. The fraction of sp³-hybridized carbons (Fsp3) is 0.408. The molecule has 2 atom stereocenters. The number of anilines is 1. The number of nitrogens with zero attached hydrogens (tertiary/aromatic N) is 8. The number of piperazine rings is 1. The van der Waals surface area contributed by atoms with Gasteiger partial charge in [0.1, 0.15) is 19.3 Å². The lowest BCUT2D eigenvalue weighted by atomic mass is 10.0. The Bertz CT molecular complexity index is 2890. The third-order valence-corrected chi connectivity index (χ3v) is 12.6. The molecule has 19 nitrogen and oxygen atoms in total. The average Bonchev–Trinajstić information content (AvgIpc) is 3.94. The highest BCUT2D eigenvalue weighted by Crippen LogP contribution is 2.32. The van der Waals surface area contributed by atoms with E-state index in [2.05, 4.69) is 56.1 Å². The lowest BCUT2D eigenvalue weighted by Crippen LogP contribution is -2.54. The molecule has 4 aliphatic rings. The van der Waals surface area contributed by atoms with Crippen molar-refractivity contribution < 1.29 is 43.0 Å². The van der Waals surface area contributed by atoms with Crippen LogP contribution in [0.25, 0.3) is 22.3 Å². The summed E-state index contributed by atoms with van der Waals surface area (Å²) in [5.74, 6) is 4.38. The van der Waals surface area contributed by atoms with Crippen LogP contribution in [0.5, 0.6) is 5.88 Å². The number of amides is 6. The van der Waals surface area contributed by atoms with Crippen molar-refractivity contribution >= 4 is 52.4 Å². The molecule has 2 aromatic carbocycles. The van der Waals surface area contributed by atoms with E-state index in [0.29, 0.717) is 80.2 Å². The summed E-state index contributed by atoms with van der Waals surface area (Å²) in [4.78, 5) is 91.9. The summed E-state index contributed by atoms with van der Waals surface area (Å²) < 4.78 is 21.2. The minimum Gasteiger partial charge on any atom is -0.477 e. The fourth-order valence-electron chi connectivity index (χ4n) is 9.09. The molecule has 6 amide bonds. The first-order valence-corrected chi connectivity index (χ1v) is 22.8. The number of aromatic nitrogens is 5. The molecule has 3 aromatic heterocycles. The molecular weight excluding hydrogens is 873 g/mol. The van der Waals surface area contributed by atoms with Gasteiger partial charge in [0.15, 0.2) is 0 Å². The third-order valence-electron chi connectivity index (χ3n) is 12.6. The van der Waals surface area contributed by atoms with Crippen LogP contribution in [0.2, 0.25) is 0 Å². The van der Waals surface area contributed by atoms with Crippen molar-refractivity contribution in [1.29, 1.82) is 0 Å². The summed E-state index contributed by atoms with van der Waals surface area (Å²) in [6, 6.07) is 13.4. The van der Waals surface area contributed by atoms with E-state index >= 15 is 0 Å². The van der Waals surface area contributed by atoms with Gasteiger partial charge in [-0.05, 0) is 74.1 Å². The van der Waals surface area contributed by atoms with Crippen molar-refractivity contribution in [2.45, 2.75) is 58.7 Å². The predicted molar refractivity (Wildman–Crippen MR) is 246 cm³/mol. The summed E-state index contributed by atoms with van der Waals surface area (Å²) >= 11 is 0. The Balaban J connectivity index is 0.748. The lowest BCUT2D eigenvalue weighted by Gasteiger charge is -2.34. The van der Waals surface area contributed by atoms with Gasteiger partial charge in [0, 0.05) is 69.6 Å². The zero-order valence-electron chi connectivity index (χ0n) is 38.2. The Hall–Kier alpha value is -7.27. The summed E-state index contributed by atoms with van der Waals surface area (Å²) in [6.07, 6.45) is 3.54. The molecular formula is C49H52N10O9. The number of pyridine rings is 1. The summed E-state index contributed by atoms with van der Waals surface area (Å²) in [6.45, 7) is 8.71. The highest BCUT2D eigenvalue weighted by Gasteiger charge is 2.45. The Labute approximate surface area is 392 Å². The van der Waals surface area contributed by atoms with E-state index in [1.165, 1.54) is 6.07 Å². The van der Waals surface area contributed by atoms with Gasteiger partial charge in [-0.1, -0.05) is 30.9 Å². The topological polar surface area (TPSA) is 212 Å². The van der Waals surface area contributed by atoms with Gasteiger partial charge in [0.05, 0.1) is 59.4 Å². The number of carbonyl (C=O) groups is 6. The van der Waals surface area contributed by atoms with Gasteiger partial charge < -0.3 is 23.7 Å². The van der Waals surface area contributed by atoms with Crippen LogP contribution < -0.4 is 15.4 Å². The molecule has 2 fully saturated rings. The smallest absolute Gasteiger partial charge is 0.263 e. The zero-order chi connectivity index (χ0) is 47.5. The number of hydrogen-bond donors (Lipinski definition) is 2. The van der Waals surface area contributed by atoms with Gasteiger partial charge >= 0.3 is 0 Å². The first-order valence-electron chi connectivity index (χ1n) is 22.8. The minimum atomic E-state index is -1.06. The van der Waals surface area contributed by atoms with Crippen LogP contribution in [0.15, 0.2) is 54.7 Å². The molecule has 352 valence electrons. The van der Waals surface area contributed by atoms with Crippen molar-refractivity contribution in [3.63, 3.8) is 0 Å². The number of imidazole rings is 1. The molecule has 7 heterocycles. The average molecular weight is 925 g/mol. The van der Waals surface area contributed by atoms with Crippen molar-refractivity contribution in [1.82, 2.24) is 44.3 Å². The van der Waals surface area contributed by atoms with Crippen LogP contribution in [0.3, 0.4) is 0 Å². The van der Waals surface area contributed by atoms with Crippen LogP contribution in [-0.2, 0) is 44.0 Å². The first-order chi connectivity index (χ1) is 32.9. The van der Waals surface area contributed by atoms with E-state index in [0.717, 1.165) is 39.9 Å². The summed E-state index contributed by atoms with van der Waals surface area (Å²) in [5.41, 5.74) is 5.93. The van der Waals surface area contributed by atoms with Crippen LogP contribution in [0.1, 0.15) is 80.5 Å². The van der Waals surface area contributed by atoms with Crippen molar-refractivity contribution in [3.05, 3.63) is 88.2 Å². The number of piperidine rings is 1. The second kappa shape index (κ2) is 19.9. The van der Waals surface area contributed by atoms with Crippen LogP contribution in [0.4, 0.5) is 5.95 Å². The second-order valence-corrected chi connectivity index (χ2v) is 17.5. The van der Waals surface area contributed by atoms with E-state index in [-0.39, 0.29) is 68.1 Å². The Morgan fingerprint density at radius 3 is 2.57 bits per heavy atom. The summed E-state index contributed by atoms with van der Waals surface area (Å²) in [5, 5.41) is 9.70. The molecule has 0 saturated carbocycles. The number of hydrogen-bond acceptors (Lipinski definition) is 13. The van der Waals surface area contributed by atoms with Gasteiger partial charge in [-0.25, -0.2) is 9.67 Å². The van der Waals surface area contributed by atoms with Crippen molar-refractivity contribution in [2.24, 2.45) is 13.0 Å². The molecule has 2 saturated heterocycles. The number of nitrogens with one attached hydrogen (secondary N) is 2. The highest BCUT2D eigenvalue weighted by molar-refractivity contribution is 6.24. The maximum atomic E-state index is 13.8. The van der Waals surface area contributed by atoms with Gasteiger partial charge in [-0.15, -0.1) is 0 Å². The normalized spacial score (nSPS) is 19.0. The van der Waals surface area contributed by atoms with Gasteiger partial charge in [0.25, 0.3) is 17.7 Å². The number of benzene rings is 2. The molecule has 68 heavy (non-hydrogen) atoms. The van der Waals surface area contributed by atoms with Gasteiger partial charge in [0.2, 0.25) is 29.5 Å². The molecule has 4 aliphatic heterocycles. The second-order valence-electron chi connectivity index (χ2n) is 17.5. The largest absolute Gasteiger partial charge is 0.477 e. The lowest BCUT2D eigenvalue weighted by molar-refractivity contribution is -0.138. The zero-order valence-corrected chi connectivity index (χ0v) is 38.2. The maximum Gasteiger partial charge on any atom is 0.263 e. The molecule has 1 unspecified atom stereocenters. The Morgan fingerprint density at radius 2 is 1.75 bits per heavy atom. The molecule has 0 radical (unpaired) electrons. The quantitative estimate of drug-likeness (QED) is 0.124. The van der Waals surface area contributed by atoms with E-state index in [9.17, 15) is 28.8 Å². The monoisotopic (exact) mass is 924 g/mol. The molecule has 2 bridgehead atoms. The Kier molecular flexibility index (Phi) is 13.4. The minimum absolute atomic E-state index is 0.0189. The molecule has 0 spiro atoms. The standard InChI is InChI=1S/C49H52N10O9/c1-30-7-5-20-68-48-36(26-50-55(48)3)38-25-34(23-31(2)51-38)44(62)54-49-52-37-12-11-32(24-40(37)58(49)27-30)28-56-15-17-57(18-16-56)42(61)29-67-22-21-66-19-6-9-33-8-4-10-35-43(33)47(65)59(46(35)64)39-13-14-41(60)53-45(39)63/h4,8,10-12,23-26,30,39H,5,7,13-22,27-29H2,1-3H3,(H,52,54,62)(H,53,60,63)/t30-,39?/m1/s1. The van der Waals surface area contributed by atoms with Crippen molar-refractivity contribution in [3.8, 4) is 29.0 Å². The van der Waals surface area contributed by atoms with E-state index in [1.807, 2.05) is 20.0 Å². The SMILES string of the molecule is Cc1cc2cc(n1)-c1cnn(C)c1OCCC[C@@H](C)Cn1c(nc3ccc(CN4CCN(C(=O)COCCOCC#Cc5cccc6c5C(=O)N(C5CCC(=O)NC5=O)C6=O)CC4)cc31)NC2=O. The third kappa shape index (κ3) is 9.74. The van der Waals surface area contributed by atoms with Crippen LogP contribution in [0, 0.1) is 24.7 Å². The molecule has 0 aliphatic carbocycles. The molecule has 2 N–H and O–H groups in total. The van der Waals surface area contributed by atoms with Gasteiger partial charge in [-0.2, -0.15) is 5.10 Å². The van der Waals surface area contributed by atoms with Gasteiger partial charge in [-0.3, -0.25) is 54.2 Å². The molecule has 19 heteroatoms. The first kappa shape index (κ1) is 45.9. The van der Waals surface area contributed by atoms with E-state index in [4.69, 9.17) is 24.2 Å². The van der Waals surface area contributed by atoms with E-state index < -0.39 is 29.7 Å². The molecule has 9 rings (SSSR count). The van der Waals surface area contributed by atoms with E-state index in [1.54, 1.807) is 40.0 Å². The highest BCUT2D eigenvalue weighted by atomic mass is 16.5. The number of imide groups is 2. The summed E-state index contributed by atoms with van der Waals surface area (Å²) in [7, 11) is 1.83. The van der Waals surface area contributed by atoms with Crippen LogP contribution >= 0.6 is 0 Å². The maximum absolute atomic E-state index is 13.8. The number of rotatable bonds is 9. The number of ether oxygens (including phenoxy) is 3. The molecule has 5 aromatic rings. The number of aryl methyl sites for hydroxylation is 2.